The molecular formula is C24H28N6O3. The van der Waals surface area contributed by atoms with Crippen LogP contribution in [0.4, 0.5) is 0 Å². The second kappa shape index (κ2) is 9.72. The molecule has 0 unspecified atom stereocenters. The normalized spacial score (nSPS) is 11.0. The highest BCUT2D eigenvalue weighted by molar-refractivity contribution is 5.61. The number of methoxy groups -OCH3 is 1. The number of benzene rings is 2. The van der Waals surface area contributed by atoms with Crippen molar-refractivity contribution in [3.63, 3.8) is 0 Å². The van der Waals surface area contributed by atoms with Crippen molar-refractivity contribution in [1.82, 2.24) is 29.6 Å². The van der Waals surface area contributed by atoms with Crippen LogP contribution in [0.1, 0.15) is 30.9 Å². The molecule has 2 aromatic heterocycles. The minimum atomic E-state index is -0.344. The molecule has 0 fully saturated rings. The number of ether oxygens (including phenoxy) is 2. The van der Waals surface area contributed by atoms with E-state index in [2.05, 4.69) is 28.5 Å². The van der Waals surface area contributed by atoms with Crippen molar-refractivity contribution in [2.24, 2.45) is 7.05 Å². The van der Waals surface area contributed by atoms with E-state index >= 15 is 0 Å². The highest BCUT2D eigenvalue weighted by Crippen LogP contribution is 2.29. The van der Waals surface area contributed by atoms with Crippen LogP contribution in [0.2, 0.25) is 0 Å². The average molecular weight is 449 g/mol. The SMILES string of the molecule is CCCCn1ccc(-c2ccc(OCc3c(OC)cccc3-n3nnn(C)c3=O)c(C)c2)n1. The van der Waals surface area contributed by atoms with Gasteiger partial charge in [-0.1, -0.05) is 19.4 Å². The van der Waals surface area contributed by atoms with Gasteiger partial charge in [-0.2, -0.15) is 14.5 Å². The molecule has 0 aliphatic rings. The van der Waals surface area contributed by atoms with E-state index in [1.807, 2.05) is 42.1 Å². The van der Waals surface area contributed by atoms with Crippen molar-refractivity contribution in [3.05, 3.63) is 70.3 Å². The van der Waals surface area contributed by atoms with Gasteiger partial charge in [0.15, 0.2) is 0 Å². The Labute approximate surface area is 192 Å². The lowest BCUT2D eigenvalue weighted by molar-refractivity contribution is 0.294. The van der Waals surface area contributed by atoms with Gasteiger partial charge in [-0.25, -0.2) is 4.79 Å². The summed E-state index contributed by atoms with van der Waals surface area (Å²) in [4.78, 5) is 12.4. The van der Waals surface area contributed by atoms with Gasteiger partial charge in [0.25, 0.3) is 0 Å². The number of nitrogens with zero attached hydrogens (tertiary/aromatic N) is 6. The van der Waals surface area contributed by atoms with Gasteiger partial charge in [0.2, 0.25) is 0 Å². The summed E-state index contributed by atoms with van der Waals surface area (Å²) in [6.07, 6.45) is 4.26. The fourth-order valence-electron chi connectivity index (χ4n) is 3.63. The first-order chi connectivity index (χ1) is 16.0. The van der Waals surface area contributed by atoms with Crippen LogP contribution in [-0.2, 0) is 20.2 Å². The Balaban J connectivity index is 1.57. The molecule has 0 aliphatic carbocycles. The highest BCUT2D eigenvalue weighted by atomic mass is 16.5. The zero-order valence-corrected chi connectivity index (χ0v) is 19.4. The van der Waals surface area contributed by atoms with Crippen molar-refractivity contribution in [3.8, 4) is 28.4 Å². The van der Waals surface area contributed by atoms with Crippen LogP contribution < -0.4 is 15.2 Å². The molecule has 0 saturated heterocycles. The zero-order valence-electron chi connectivity index (χ0n) is 19.4. The maximum Gasteiger partial charge on any atom is 0.368 e. The van der Waals surface area contributed by atoms with Crippen LogP contribution >= 0.6 is 0 Å². The largest absolute Gasteiger partial charge is 0.496 e. The van der Waals surface area contributed by atoms with Crippen LogP contribution in [0, 0.1) is 6.92 Å². The lowest BCUT2D eigenvalue weighted by Crippen LogP contribution is -2.23. The third-order valence-electron chi connectivity index (χ3n) is 5.50. The first kappa shape index (κ1) is 22.3. The Morgan fingerprint density at radius 3 is 2.61 bits per heavy atom. The fraction of sp³-hybridized carbons (Fsp3) is 0.333. The van der Waals surface area contributed by atoms with Crippen LogP contribution in [0.15, 0.2) is 53.5 Å². The van der Waals surface area contributed by atoms with Crippen molar-refractivity contribution >= 4 is 0 Å². The van der Waals surface area contributed by atoms with E-state index in [-0.39, 0.29) is 12.3 Å². The third kappa shape index (κ3) is 4.67. The molecule has 9 heteroatoms. The summed E-state index contributed by atoms with van der Waals surface area (Å²) in [6, 6.07) is 13.5. The van der Waals surface area contributed by atoms with Crippen molar-refractivity contribution in [2.75, 3.05) is 7.11 Å². The molecule has 0 radical (unpaired) electrons. The molecular weight excluding hydrogens is 420 g/mol. The van der Waals surface area contributed by atoms with Crippen molar-refractivity contribution < 1.29 is 9.47 Å². The Morgan fingerprint density at radius 1 is 1.06 bits per heavy atom. The molecule has 0 amide bonds. The van der Waals surface area contributed by atoms with Crippen LogP contribution in [0.3, 0.4) is 0 Å². The predicted molar refractivity (Wildman–Crippen MR) is 125 cm³/mol. The smallest absolute Gasteiger partial charge is 0.368 e. The minimum Gasteiger partial charge on any atom is -0.496 e. The number of hydrogen-bond donors (Lipinski definition) is 0. The number of rotatable bonds is 9. The molecule has 0 aliphatic heterocycles. The van der Waals surface area contributed by atoms with Gasteiger partial charge in [0.05, 0.1) is 24.1 Å². The predicted octanol–water partition coefficient (Wildman–Crippen LogP) is 3.53. The van der Waals surface area contributed by atoms with Crippen molar-refractivity contribution in [1.29, 1.82) is 0 Å². The molecule has 33 heavy (non-hydrogen) atoms. The minimum absolute atomic E-state index is 0.203. The van der Waals surface area contributed by atoms with E-state index in [1.54, 1.807) is 26.3 Å². The lowest BCUT2D eigenvalue weighted by Gasteiger charge is -2.15. The summed E-state index contributed by atoms with van der Waals surface area (Å²) in [5.74, 6) is 1.35. The number of hydrogen-bond acceptors (Lipinski definition) is 6. The molecule has 0 saturated carbocycles. The number of tetrazole rings is 1. The Bertz CT molecular complexity index is 1300. The first-order valence-electron chi connectivity index (χ1n) is 10.9. The zero-order chi connectivity index (χ0) is 23.4. The van der Waals surface area contributed by atoms with Gasteiger partial charge >= 0.3 is 5.69 Å². The summed E-state index contributed by atoms with van der Waals surface area (Å²) in [5, 5.41) is 12.4. The van der Waals surface area contributed by atoms with Crippen LogP contribution in [-0.4, -0.2) is 36.7 Å². The molecule has 0 spiro atoms. The standard InChI is InChI=1S/C24H28N6O3/c1-5-6-13-29-14-12-20(25-29)18-10-11-22(17(2)15-18)33-16-19-21(8-7-9-23(19)32-4)30-24(31)28(3)26-27-30/h7-12,14-15H,5-6,13,16H2,1-4H3. The molecule has 4 aromatic rings. The molecule has 0 N–H and O–H groups in total. The quantitative estimate of drug-likeness (QED) is 0.389. The molecule has 4 rings (SSSR count). The fourth-order valence-corrected chi connectivity index (χ4v) is 3.63. The summed E-state index contributed by atoms with van der Waals surface area (Å²) < 4.78 is 16.1. The van der Waals surface area contributed by atoms with E-state index in [9.17, 15) is 4.79 Å². The van der Waals surface area contributed by atoms with E-state index < -0.39 is 0 Å². The van der Waals surface area contributed by atoms with E-state index in [0.717, 1.165) is 42.0 Å². The van der Waals surface area contributed by atoms with E-state index in [4.69, 9.17) is 9.47 Å². The first-order valence-corrected chi connectivity index (χ1v) is 10.9. The van der Waals surface area contributed by atoms with Gasteiger partial charge in [-0.05, 0) is 65.7 Å². The van der Waals surface area contributed by atoms with Gasteiger partial charge < -0.3 is 9.47 Å². The maximum atomic E-state index is 12.4. The van der Waals surface area contributed by atoms with Gasteiger partial charge in [-0.15, -0.1) is 0 Å². The number of aryl methyl sites for hydroxylation is 3. The maximum absolute atomic E-state index is 12.4. The highest BCUT2D eigenvalue weighted by Gasteiger charge is 2.16. The molecule has 2 heterocycles. The Morgan fingerprint density at radius 2 is 1.91 bits per heavy atom. The van der Waals surface area contributed by atoms with Gasteiger partial charge in [0, 0.05) is 25.4 Å². The average Bonchev–Trinajstić information content (AvgIpc) is 3.43. The Kier molecular flexibility index (Phi) is 6.58. The molecule has 0 atom stereocenters. The van der Waals surface area contributed by atoms with E-state index in [0.29, 0.717) is 17.0 Å². The number of aromatic nitrogens is 6. The number of unbranched alkanes of at least 4 members (excludes halogenated alkanes) is 1. The lowest BCUT2D eigenvalue weighted by atomic mass is 10.1. The molecule has 2 aromatic carbocycles. The summed E-state index contributed by atoms with van der Waals surface area (Å²) in [7, 11) is 3.14. The monoisotopic (exact) mass is 448 g/mol. The molecule has 172 valence electrons. The third-order valence-corrected chi connectivity index (χ3v) is 5.50. The topological polar surface area (TPSA) is 89.0 Å². The summed E-state index contributed by atoms with van der Waals surface area (Å²) in [6.45, 7) is 5.30. The van der Waals surface area contributed by atoms with Crippen molar-refractivity contribution in [2.45, 2.75) is 39.8 Å². The van der Waals surface area contributed by atoms with E-state index in [1.165, 1.54) is 9.36 Å². The second-order valence-corrected chi connectivity index (χ2v) is 7.84. The van der Waals surface area contributed by atoms with Gasteiger partial charge in [0.1, 0.15) is 18.1 Å². The summed E-state index contributed by atoms with van der Waals surface area (Å²) in [5.41, 5.74) is 3.90. The second-order valence-electron chi connectivity index (χ2n) is 7.84. The Hall–Kier alpha value is -3.88. The summed E-state index contributed by atoms with van der Waals surface area (Å²) >= 11 is 0. The van der Waals surface area contributed by atoms with Crippen LogP contribution in [0.25, 0.3) is 16.9 Å². The molecule has 9 nitrogen and oxygen atoms in total. The molecule has 0 bridgehead atoms. The van der Waals surface area contributed by atoms with Crippen LogP contribution in [0.5, 0.6) is 11.5 Å². The van der Waals surface area contributed by atoms with Gasteiger partial charge in [-0.3, -0.25) is 4.68 Å².